The quantitative estimate of drug-likeness (QED) is 0.922. The van der Waals surface area contributed by atoms with Crippen molar-refractivity contribution in [2.45, 2.75) is 27.3 Å². The van der Waals surface area contributed by atoms with Crippen molar-refractivity contribution in [3.05, 3.63) is 46.8 Å². The van der Waals surface area contributed by atoms with Gasteiger partial charge in [-0.05, 0) is 39.4 Å². The number of rotatable bonds is 5. The van der Waals surface area contributed by atoms with Crippen LogP contribution in [0.25, 0.3) is 0 Å². The van der Waals surface area contributed by atoms with Gasteiger partial charge in [-0.15, -0.1) is 0 Å². The van der Waals surface area contributed by atoms with E-state index in [1.54, 1.807) is 0 Å². The average molecular weight is 300 g/mol. The molecule has 0 unspecified atom stereocenters. The second-order valence-electron chi connectivity index (χ2n) is 5.81. The largest absolute Gasteiger partial charge is 0.325 e. The van der Waals surface area contributed by atoms with Gasteiger partial charge in [-0.1, -0.05) is 18.2 Å². The average Bonchev–Trinajstić information content (AvgIpc) is 2.68. The minimum Gasteiger partial charge on any atom is -0.325 e. The number of para-hydroxylation sites is 1. The lowest BCUT2D eigenvalue weighted by atomic mass is 10.2. The van der Waals surface area contributed by atoms with E-state index in [1.165, 1.54) is 5.56 Å². The van der Waals surface area contributed by atoms with Crippen molar-refractivity contribution >= 4 is 11.6 Å². The van der Waals surface area contributed by atoms with Gasteiger partial charge in [0.15, 0.2) is 0 Å². The summed E-state index contributed by atoms with van der Waals surface area (Å²) in [6, 6.07) is 7.80. The van der Waals surface area contributed by atoms with E-state index >= 15 is 0 Å². The van der Waals surface area contributed by atoms with Crippen LogP contribution in [0.4, 0.5) is 5.69 Å². The van der Waals surface area contributed by atoms with E-state index in [4.69, 9.17) is 0 Å². The number of nitrogens with one attached hydrogen (secondary N) is 1. The van der Waals surface area contributed by atoms with Gasteiger partial charge in [0.1, 0.15) is 0 Å². The normalized spacial score (nSPS) is 11.0. The number of anilines is 1. The molecule has 2 rings (SSSR count). The molecule has 0 fully saturated rings. The zero-order chi connectivity index (χ0) is 16.3. The van der Waals surface area contributed by atoms with Gasteiger partial charge in [0.05, 0.1) is 12.2 Å². The maximum absolute atomic E-state index is 12.2. The fraction of sp³-hybridized carbons (Fsp3) is 0.412. The summed E-state index contributed by atoms with van der Waals surface area (Å²) in [4.78, 5) is 14.2. The van der Waals surface area contributed by atoms with Gasteiger partial charge in [-0.2, -0.15) is 5.10 Å². The fourth-order valence-corrected chi connectivity index (χ4v) is 2.52. The monoisotopic (exact) mass is 300 g/mol. The maximum Gasteiger partial charge on any atom is 0.238 e. The molecule has 5 nitrogen and oxygen atoms in total. The second-order valence-corrected chi connectivity index (χ2v) is 5.81. The minimum absolute atomic E-state index is 0.00371. The number of nitrogens with zero attached hydrogens (tertiary/aromatic N) is 3. The predicted octanol–water partition coefficient (Wildman–Crippen LogP) is 2.42. The van der Waals surface area contributed by atoms with Crippen LogP contribution in [0, 0.1) is 20.8 Å². The SMILES string of the molecule is Cc1ccccc1NC(=O)CN(C)Cc1c(C)nn(C)c1C. The fourth-order valence-electron chi connectivity index (χ4n) is 2.52. The van der Waals surface area contributed by atoms with Gasteiger partial charge in [-0.25, -0.2) is 0 Å². The molecule has 0 radical (unpaired) electrons. The molecular formula is C17H24N4O. The second kappa shape index (κ2) is 6.75. The first kappa shape index (κ1) is 16.2. The molecule has 22 heavy (non-hydrogen) atoms. The molecule has 0 spiro atoms. The third-order valence-corrected chi connectivity index (χ3v) is 3.92. The highest BCUT2D eigenvalue weighted by atomic mass is 16.2. The number of benzene rings is 1. The highest BCUT2D eigenvalue weighted by molar-refractivity contribution is 5.92. The minimum atomic E-state index is -0.00371. The van der Waals surface area contributed by atoms with Crippen molar-refractivity contribution in [1.29, 1.82) is 0 Å². The van der Waals surface area contributed by atoms with E-state index in [-0.39, 0.29) is 5.91 Å². The third kappa shape index (κ3) is 3.74. The van der Waals surface area contributed by atoms with Crippen LogP contribution in [0.2, 0.25) is 0 Å². The molecule has 0 saturated heterocycles. The lowest BCUT2D eigenvalue weighted by Gasteiger charge is -2.17. The molecule has 0 aliphatic heterocycles. The van der Waals surface area contributed by atoms with E-state index in [2.05, 4.69) is 17.3 Å². The first-order chi connectivity index (χ1) is 10.4. The van der Waals surface area contributed by atoms with Crippen molar-refractivity contribution in [2.75, 3.05) is 18.9 Å². The van der Waals surface area contributed by atoms with Crippen LogP contribution in [0.15, 0.2) is 24.3 Å². The number of carbonyl (C=O) groups excluding carboxylic acids is 1. The number of hydrogen-bond acceptors (Lipinski definition) is 3. The molecular weight excluding hydrogens is 276 g/mol. The summed E-state index contributed by atoms with van der Waals surface area (Å²) in [5.74, 6) is -0.00371. The number of aryl methyl sites for hydroxylation is 3. The lowest BCUT2D eigenvalue weighted by molar-refractivity contribution is -0.117. The number of carbonyl (C=O) groups is 1. The molecule has 0 atom stereocenters. The summed E-state index contributed by atoms with van der Waals surface area (Å²) < 4.78 is 1.88. The molecule has 1 amide bonds. The van der Waals surface area contributed by atoms with Crippen molar-refractivity contribution < 1.29 is 4.79 Å². The van der Waals surface area contributed by atoms with Crippen molar-refractivity contribution in [3.63, 3.8) is 0 Å². The van der Waals surface area contributed by atoms with Crippen LogP contribution in [0.1, 0.15) is 22.5 Å². The molecule has 2 aromatic rings. The summed E-state index contributed by atoms with van der Waals surface area (Å²) in [5.41, 5.74) is 5.29. The van der Waals surface area contributed by atoms with Gasteiger partial charge in [0.25, 0.3) is 0 Å². The molecule has 0 aliphatic carbocycles. The Morgan fingerprint density at radius 3 is 2.55 bits per heavy atom. The number of aromatic nitrogens is 2. The Bertz CT molecular complexity index is 675. The molecule has 1 N–H and O–H groups in total. The van der Waals surface area contributed by atoms with Crippen LogP contribution in [0.3, 0.4) is 0 Å². The van der Waals surface area contributed by atoms with Gasteiger partial charge in [0, 0.05) is 30.5 Å². The molecule has 118 valence electrons. The van der Waals surface area contributed by atoms with Crippen molar-refractivity contribution in [1.82, 2.24) is 14.7 Å². The summed E-state index contributed by atoms with van der Waals surface area (Å²) in [6.07, 6.45) is 0. The van der Waals surface area contributed by atoms with Crippen LogP contribution in [0.5, 0.6) is 0 Å². The third-order valence-electron chi connectivity index (χ3n) is 3.92. The number of amides is 1. The van der Waals surface area contributed by atoms with Crippen LogP contribution in [-0.4, -0.2) is 34.2 Å². The molecule has 0 aliphatic rings. The van der Waals surface area contributed by atoms with E-state index < -0.39 is 0 Å². The van der Waals surface area contributed by atoms with E-state index in [0.717, 1.165) is 22.6 Å². The van der Waals surface area contributed by atoms with Gasteiger partial charge >= 0.3 is 0 Å². The standard InChI is InChI=1S/C17H24N4O/c1-12-8-6-7-9-16(12)18-17(22)11-20(4)10-15-13(2)19-21(5)14(15)3/h6-9H,10-11H2,1-5H3,(H,18,22). The topological polar surface area (TPSA) is 50.2 Å². The Balaban J connectivity index is 1.96. The maximum atomic E-state index is 12.2. The molecule has 0 saturated carbocycles. The summed E-state index contributed by atoms with van der Waals surface area (Å²) >= 11 is 0. The summed E-state index contributed by atoms with van der Waals surface area (Å²) in [7, 11) is 3.89. The Morgan fingerprint density at radius 2 is 1.95 bits per heavy atom. The summed E-state index contributed by atoms with van der Waals surface area (Å²) in [6.45, 7) is 7.11. The highest BCUT2D eigenvalue weighted by Crippen LogP contribution is 2.15. The first-order valence-electron chi connectivity index (χ1n) is 7.41. The smallest absolute Gasteiger partial charge is 0.238 e. The first-order valence-corrected chi connectivity index (χ1v) is 7.41. The lowest BCUT2D eigenvalue weighted by Crippen LogP contribution is -2.30. The van der Waals surface area contributed by atoms with Crippen molar-refractivity contribution in [2.24, 2.45) is 7.05 Å². The van der Waals surface area contributed by atoms with Gasteiger partial charge < -0.3 is 5.32 Å². The zero-order valence-corrected chi connectivity index (χ0v) is 14.0. The van der Waals surface area contributed by atoms with Crippen LogP contribution < -0.4 is 5.32 Å². The number of likely N-dealkylation sites (N-methyl/N-ethyl adjacent to an activating group) is 1. The van der Waals surface area contributed by atoms with Gasteiger partial charge in [-0.3, -0.25) is 14.4 Å². The Hall–Kier alpha value is -2.14. The van der Waals surface area contributed by atoms with Crippen molar-refractivity contribution in [3.8, 4) is 0 Å². The molecule has 0 bridgehead atoms. The molecule has 5 heteroatoms. The van der Waals surface area contributed by atoms with Crippen LogP contribution in [-0.2, 0) is 18.4 Å². The molecule has 1 aromatic heterocycles. The van der Waals surface area contributed by atoms with Gasteiger partial charge in [0.2, 0.25) is 5.91 Å². The van der Waals surface area contributed by atoms with E-state index in [0.29, 0.717) is 13.1 Å². The Morgan fingerprint density at radius 1 is 1.27 bits per heavy atom. The Labute approximate surface area is 131 Å². The predicted molar refractivity (Wildman–Crippen MR) is 88.8 cm³/mol. The van der Waals surface area contributed by atoms with E-state index in [1.807, 2.05) is 61.8 Å². The molecule has 1 heterocycles. The number of hydrogen-bond donors (Lipinski definition) is 1. The molecule has 1 aromatic carbocycles. The highest BCUT2D eigenvalue weighted by Gasteiger charge is 2.14. The van der Waals surface area contributed by atoms with Crippen LogP contribution >= 0.6 is 0 Å². The Kier molecular flexibility index (Phi) is 4.98. The zero-order valence-electron chi connectivity index (χ0n) is 14.0. The van der Waals surface area contributed by atoms with E-state index in [9.17, 15) is 4.79 Å². The summed E-state index contributed by atoms with van der Waals surface area (Å²) in [5, 5.41) is 7.37.